The van der Waals surface area contributed by atoms with Gasteiger partial charge in [0, 0.05) is 36.9 Å². The van der Waals surface area contributed by atoms with Gasteiger partial charge in [0.05, 0.1) is 12.2 Å². The van der Waals surface area contributed by atoms with Gasteiger partial charge in [-0.25, -0.2) is 13.4 Å². The van der Waals surface area contributed by atoms with Gasteiger partial charge in [0.25, 0.3) is 10.0 Å². The molecule has 2 heterocycles. The third kappa shape index (κ3) is 3.90. The lowest BCUT2D eigenvalue weighted by molar-refractivity contribution is -0.120. The number of fused-ring (bicyclic) bond motifs is 1. The number of sulfonamides is 1. The van der Waals surface area contributed by atoms with E-state index in [9.17, 15) is 13.2 Å². The molecule has 3 aromatic rings. The fraction of sp³-hybridized carbons (Fsp3) is 0.333. The van der Waals surface area contributed by atoms with Crippen LogP contribution in [0.25, 0.3) is 10.8 Å². The third-order valence-electron chi connectivity index (χ3n) is 5.38. The quantitative estimate of drug-likeness (QED) is 0.698. The van der Waals surface area contributed by atoms with Crippen LogP contribution in [0.15, 0.2) is 60.0 Å². The second kappa shape index (κ2) is 7.96. The third-order valence-corrected chi connectivity index (χ3v) is 7.13. The summed E-state index contributed by atoms with van der Waals surface area (Å²) in [5.41, 5.74) is 0.745. The number of nitrogens with zero attached hydrogens (tertiary/aromatic N) is 3. The Labute approximate surface area is 170 Å². The van der Waals surface area contributed by atoms with E-state index in [0.29, 0.717) is 25.9 Å². The van der Waals surface area contributed by atoms with Crippen LogP contribution >= 0.6 is 0 Å². The minimum atomic E-state index is -3.70. The Kier molecular flexibility index (Phi) is 5.38. The average Bonchev–Trinajstić information content (AvgIpc) is 3.24. The van der Waals surface area contributed by atoms with Crippen molar-refractivity contribution in [1.29, 1.82) is 0 Å². The zero-order chi connectivity index (χ0) is 20.4. The molecular formula is C21H24N4O3S. The standard InChI is InChI=1S/C21H24N4O3S/c1-2-24-14-20(22-15-24)29(27,28)25-12-6-9-17(13-25)21(26)23-19-11-5-8-16-7-3-4-10-18(16)19/h3-5,7-8,10-11,14-15,17H,2,6,9,12-13H2,1H3,(H,23,26). The summed E-state index contributed by atoms with van der Waals surface area (Å²) in [6, 6.07) is 13.6. The number of hydrogen-bond donors (Lipinski definition) is 1. The van der Waals surface area contributed by atoms with Gasteiger partial charge in [0.15, 0.2) is 5.03 Å². The number of carbonyl (C=O) groups excluding carboxylic acids is 1. The largest absolute Gasteiger partial charge is 0.336 e. The van der Waals surface area contributed by atoms with E-state index in [1.54, 1.807) is 4.57 Å². The number of benzene rings is 2. The van der Waals surface area contributed by atoms with Crippen LogP contribution in [0, 0.1) is 5.92 Å². The summed E-state index contributed by atoms with van der Waals surface area (Å²) in [5, 5.41) is 5.05. The van der Waals surface area contributed by atoms with E-state index in [2.05, 4.69) is 10.3 Å². The molecule has 1 saturated heterocycles. The Morgan fingerprint density at radius 1 is 1.21 bits per heavy atom. The highest BCUT2D eigenvalue weighted by Crippen LogP contribution is 2.27. The topological polar surface area (TPSA) is 84.3 Å². The van der Waals surface area contributed by atoms with E-state index in [0.717, 1.165) is 16.5 Å². The monoisotopic (exact) mass is 412 g/mol. The van der Waals surface area contributed by atoms with Crippen molar-refractivity contribution >= 4 is 32.4 Å². The molecule has 8 heteroatoms. The number of amides is 1. The predicted octanol–water partition coefficient (Wildman–Crippen LogP) is 3.10. The minimum absolute atomic E-state index is 0.0365. The van der Waals surface area contributed by atoms with Gasteiger partial charge in [-0.2, -0.15) is 4.31 Å². The van der Waals surface area contributed by atoms with Gasteiger partial charge in [-0.05, 0) is 31.2 Å². The first kappa shape index (κ1) is 19.6. The Morgan fingerprint density at radius 2 is 2.00 bits per heavy atom. The zero-order valence-corrected chi connectivity index (χ0v) is 17.1. The van der Waals surface area contributed by atoms with Gasteiger partial charge in [-0.1, -0.05) is 36.4 Å². The van der Waals surface area contributed by atoms with Crippen LogP contribution in [-0.2, 0) is 21.4 Å². The Balaban J connectivity index is 1.51. The maximum Gasteiger partial charge on any atom is 0.262 e. The van der Waals surface area contributed by atoms with Crippen molar-refractivity contribution in [2.75, 3.05) is 18.4 Å². The molecule has 0 bridgehead atoms. The first-order valence-electron chi connectivity index (χ1n) is 9.79. The zero-order valence-electron chi connectivity index (χ0n) is 16.3. The molecule has 152 valence electrons. The van der Waals surface area contributed by atoms with Crippen molar-refractivity contribution in [1.82, 2.24) is 13.9 Å². The molecule has 1 fully saturated rings. The Bertz CT molecular complexity index is 1130. The van der Waals surface area contributed by atoms with Crippen molar-refractivity contribution in [3.63, 3.8) is 0 Å². The lowest BCUT2D eigenvalue weighted by atomic mass is 9.98. The molecule has 2 aromatic carbocycles. The molecule has 0 saturated carbocycles. The predicted molar refractivity (Wildman–Crippen MR) is 112 cm³/mol. The molecule has 1 N–H and O–H groups in total. The van der Waals surface area contributed by atoms with E-state index < -0.39 is 15.9 Å². The van der Waals surface area contributed by atoms with E-state index >= 15 is 0 Å². The SMILES string of the molecule is CCn1cnc(S(=O)(=O)N2CCCC(C(=O)Nc3cccc4ccccc34)C2)c1. The Morgan fingerprint density at radius 3 is 2.79 bits per heavy atom. The molecule has 0 radical (unpaired) electrons. The molecule has 0 aliphatic carbocycles. The van der Waals surface area contributed by atoms with Gasteiger partial charge >= 0.3 is 0 Å². The number of carbonyl (C=O) groups is 1. The molecule has 1 amide bonds. The number of piperidine rings is 1. The van der Waals surface area contributed by atoms with Gasteiger partial charge in [-0.15, -0.1) is 0 Å². The second-order valence-electron chi connectivity index (χ2n) is 7.26. The number of aromatic nitrogens is 2. The molecule has 1 aliphatic rings. The van der Waals surface area contributed by atoms with Crippen LogP contribution < -0.4 is 5.32 Å². The van der Waals surface area contributed by atoms with Gasteiger partial charge in [0.2, 0.25) is 5.91 Å². The molecule has 0 spiro atoms. The smallest absolute Gasteiger partial charge is 0.262 e. The fourth-order valence-corrected chi connectivity index (χ4v) is 5.18. The van der Waals surface area contributed by atoms with Crippen LogP contribution in [0.3, 0.4) is 0 Å². The van der Waals surface area contributed by atoms with Crippen LogP contribution in [-0.4, -0.2) is 41.3 Å². The highest BCUT2D eigenvalue weighted by molar-refractivity contribution is 7.89. The van der Waals surface area contributed by atoms with E-state index in [1.807, 2.05) is 49.4 Å². The molecule has 1 aromatic heterocycles. The number of rotatable bonds is 5. The highest BCUT2D eigenvalue weighted by Gasteiger charge is 2.34. The Hall–Kier alpha value is -2.71. The molecule has 7 nitrogen and oxygen atoms in total. The first-order chi connectivity index (χ1) is 14.0. The number of imidazole rings is 1. The fourth-order valence-electron chi connectivity index (χ4n) is 3.72. The summed E-state index contributed by atoms with van der Waals surface area (Å²) in [7, 11) is -3.70. The summed E-state index contributed by atoms with van der Waals surface area (Å²) in [5.74, 6) is -0.550. The average molecular weight is 413 g/mol. The molecule has 1 atom stereocenters. The molecular weight excluding hydrogens is 388 g/mol. The minimum Gasteiger partial charge on any atom is -0.336 e. The summed E-state index contributed by atoms with van der Waals surface area (Å²) in [6.45, 7) is 3.14. The van der Waals surface area contributed by atoms with Crippen molar-refractivity contribution in [2.45, 2.75) is 31.3 Å². The van der Waals surface area contributed by atoms with Crippen molar-refractivity contribution in [2.24, 2.45) is 5.92 Å². The number of nitrogens with one attached hydrogen (secondary N) is 1. The summed E-state index contributed by atoms with van der Waals surface area (Å²) in [4.78, 5) is 17.0. The van der Waals surface area contributed by atoms with Crippen molar-refractivity contribution in [3.05, 3.63) is 55.0 Å². The molecule has 4 rings (SSSR count). The maximum atomic E-state index is 12.9. The van der Waals surface area contributed by atoms with Gasteiger partial charge in [-0.3, -0.25) is 4.79 Å². The van der Waals surface area contributed by atoms with Gasteiger partial charge < -0.3 is 9.88 Å². The summed E-state index contributed by atoms with van der Waals surface area (Å²) in [6.07, 6.45) is 4.35. The molecule has 1 aliphatic heterocycles. The van der Waals surface area contributed by atoms with Crippen LogP contribution in [0.2, 0.25) is 0 Å². The number of anilines is 1. The maximum absolute atomic E-state index is 12.9. The van der Waals surface area contributed by atoms with E-state index in [1.165, 1.54) is 16.8 Å². The molecule has 29 heavy (non-hydrogen) atoms. The van der Waals surface area contributed by atoms with Crippen molar-refractivity contribution in [3.8, 4) is 0 Å². The van der Waals surface area contributed by atoms with Crippen LogP contribution in [0.4, 0.5) is 5.69 Å². The number of aryl methyl sites for hydroxylation is 1. The van der Waals surface area contributed by atoms with E-state index in [4.69, 9.17) is 0 Å². The molecule has 1 unspecified atom stereocenters. The highest BCUT2D eigenvalue weighted by atomic mass is 32.2. The first-order valence-corrected chi connectivity index (χ1v) is 11.2. The lowest BCUT2D eigenvalue weighted by Crippen LogP contribution is -2.43. The van der Waals surface area contributed by atoms with Crippen molar-refractivity contribution < 1.29 is 13.2 Å². The lowest BCUT2D eigenvalue weighted by Gasteiger charge is -2.30. The van der Waals surface area contributed by atoms with E-state index in [-0.39, 0.29) is 17.5 Å². The normalized spacial score (nSPS) is 18.0. The van der Waals surface area contributed by atoms with Crippen LogP contribution in [0.5, 0.6) is 0 Å². The summed E-state index contributed by atoms with van der Waals surface area (Å²) >= 11 is 0. The second-order valence-corrected chi connectivity index (χ2v) is 9.15. The summed E-state index contributed by atoms with van der Waals surface area (Å²) < 4.78 is 29.0. The van der Waals surface area contributed by atoms with Crippen LogP contribution in [0.1, 0.15) is 19.8 Å². The number of hydrogen-bond acceptors (Lipinski definition) is 4. The van der Waals surface area contributed by atoms with Gasteiger partial charge in [0.1, 0.15) is 0 Å².